The van der Waals surface area contributed by atoms with Crippen LogP contribution in [0.1, 0.15) is 11.7 Å². The second-order valence-corrected chi connectivity index (χ2v) is 5.75. The molecule has 0 aliphatic rings. The predicted molar refractivity (Wildman–Crippen MR) is 81.5 cm³/mol. The van der Waals surface area contributed by atoms with Crippen molar-refractivity contribution >= 4 is 17.9 Å². The third kappa shape index (κ3) is 5.75. The van der Waals surface area contributed by atoms with E-state index in [9.17, 15) is 58.3 Å². The highest BCUT2D eigenvalue weighted by atomic mass is 19.4. The van der Waals surface area contributed by atoms with Crippen LogP contribution >= 0.6 is 0 Å². The fourth-order valence-electron chi connectivity index (χ4n) is 1.87. The summed E-state index contributed by atoms with van der Waals surface area (Å²) in [7, 11) is 1.37. The third-order valence-electron chi connectivity index (χ3n) is 3.56. The van der Waals surface area contributed by atoms with Gasteiger partial charge in [-0.15, -0.1) is 0 Å². The minimum absolute atomic E-state index is 0.407. The Kier molecular flexibility index (Phi) is 7.83. The van der Waals surface area contributed by atoms with Gasteiger partial charge in [0.25, 0.3) is 0 Å². The van der Waals surface area contributed by atoms with Gasteiger partial charge >= 0.3 is 42.1 Å². The van der Waals surface area contributed by atoms with E-state index in [2.05, 4.69) is 18.9 Å². The number of carbonyl (C=O) groups excluding carboxylic acids is 3. The van der Waals surface area contributed by atoms with Crippen molar-refractivity contribution in [3.8, 4) is 11.5 Å². The van der Waals surface area contributed by atoms with Crippen molar-refractivity contribution in [1.29, 1.82) is 0 Å². The van der Waals surface area contributed by atoms with E-state index < -0.39 is 65.3 Å². The lowest BCUT2D eigenvalue weighted by molar-refractivity contribution is -0.282. The maximum atomic E-state index is 13.1. The zero-order valence-electron chi connectivity index (χ0n) is 15.9. The number of methoxy groups -OCH3 is 2. The monoisotopic (exact) mass is 504 g/mol. The first kappa shape index (κ1) is 27.8. The molecule has 0 N–H and O–H groups in total. The highest BCUT2D eigenvalue weighted by molar-refractivity contribution is 5.85. The minimum Gasteiger partial charge on any atom is -0.493 e. The number of carbonyl (C=O) groups is 3. The molecule has 186 valence electrons. The van der Waals surface area contributed by atoms with Crippen LogP contribution in [0.5, 0.6) is 11.5 Å². The number of hydrogen-bond acceptors (Lipinski definition) is 7. The van der Waals surface area contributed by atoms with E-state index in [1.165, 1.54) is 0 Å². The predicted octanol–water partition coefficient (Wildman–Crippen LogP) is 3.75. The Labute approximate surface area is 176 Å². The lowest BCUT2D eigenvalue weighted by Gasteiger charge is -2.22. The Bertz CT molecular complexity index is 908. The smallest absolute Gasteiger partial charge is 0.465 e. The SMILES string of the molecule is COC(=O)C(OC(=O)C(F)(F)C(F)(F)F)c1ccc(OC(=O)C(F)(F)C(F)(F)F)c(OC)c1. The Balaban J connectivity index is 3.33. The molecule has 0 saturated heterocycles. The zero-order valence-corrected chi connectivity index (χ0v) is 15.9. The lowest BCUT2D eigenvalue weighted by Crippen LogP contribution is -2.46. The molecule has 0 saturated carbocycles. The molecule has 0 radical (unpaired) electrons. The van der Waals surface area contributed by atoms with Crippen molar-refractivity contribution in [3.63, 3.8) is 0 Å². The largest absolute Gasteiger partial charge is 0.493 e. The number of rotatable bonds is 7. The molecule has 1 unspecified atom stereocenters. The van der Waals surface area contributed by atoms with Gasteiger partial charge in [0, 0.05) is 5.56 Å². The quantitative estimate of drug-likeness (QED) is 0.318. The van der Waals surface area contributed by atoms with Crippen LogP contribution in [0.15, 0.2) is 18.2 Å². The van der Waals surface area contributed by atoms with Crippen LogP contribution in [-0.4, -0.2) is 56.3 Å². The normalized spacial score (nSPS) is 13.7. The molecule has 1 aromatic carbocycles. The summed E-state index contributed by atoms with van der Waals surface area (Å²) in [5, 5.41) is 0. The van der Waals surface area contributed by atoms with E-state index in [0.29, 0.717) is 25.3 Å². The molecular weight excluding hydrogens is 494 g/mol. The molecule has 0 aromatic heterocycles. The Morgan fingerprint density at radius 3 is 1.67 bits per heavy atom. The summed E-state index contributed by atoms with van der Waals surface area (Å²) >= 11 is 0. The first-order valence-corrected chi connectivity index (χ1v) is 7.89. The number of alkyl halides is 10. The maximum absolute atomic E-state index is 13.1. The van der Waals surface area contributed by atoms with E-state index in [1.54, 1.807) is 0 Å². The van der Waals surface area contributed by atoms with Crippen LogP contribution in [-0.2, 0) is 23.9 Å². The van der Waals surface area contributed by atoms with Gasteiger partial charge in [-0.25, -0.2) is 14.4 Å². The van der Waals surface area contributed by atoms with E-state index in [-0.39, 0.29) is 0 Å². The fourth-order valence-corrected chi connectivity index (χ4v) is 1.87. The summed E-state index contributed by atoms with van der Waals surface area (Å²) in [6, 6.07) is 1.36. The van der Waals surface area contributed by atoms with Gasteiger partial charge in [0.15, 0.2) is 11.5 Å². The van der Waals surface area contributed by atoms with Crippen LogP contribution in [0, 0.1) is 0 Å². The zero-order chi connectivity index (χ0) is 26.0. The second-order valence-electron chi connectivity index (χ2n) is 5.75. The third-order valence-corrected chi connectivity index (χ3v) is 3.56. The summed E-state index contributed by atoms with van der Waals surface area (Å²) < 4.78 is 142. The van der Waals surface area contributed by atoms with E-state index in [4.69, 9.17) is 0 Å². The van der Waals surface area contributed by atoms with Crippen molar-refractivity contribution in [2.75, 3.05) is 14.2 Å². The van der Waals surface area contributed by atoms with Crippen molar-refractivity contribution < 1.29 is 77.2 Å². The van der Waals surface area contributed by atoms with Gasteiger partial charge in [-0.1, -0.05) is 6.07 Å². The van der Waals surface area contributed by atoms with E-state index in [0.717, 1.165) is 7.11 Å². The first-order chi connectivity index (χ1) is 14.8. The molecule has 7 nitrogen and oxygen atoms in total. The van der Waals surface area contributed by atoms with Gasteiger partial charge < -0.3 is 18.9 Å². The highest BCUT2D eigenvalue weighted by Crippen LogP contribution is 2.40. The Morgan fingerprint density at radius 2 is 1.24 bits per heavy atom. The summed E-state index contributed by atoms with van der Waals surface area (Å²) in [6.45, 7) is 0. The van der Waals surface area contributed by atoms with Gasteiger partial charge in [-0.05, 0) is 12.1 Å². The molecule has 0 heterocycles. The number of benzene rings is 1. The second kappa shape index (κ2) is 9.30. The Morgan fingerprint density at radius 1 is 0.758 bits per heavy atom. The van der Waals surface area contributed by atoms with Crippen molar-refractivity contribution in [2.45, 2.75) is 30.3 Å². The first-order valence-electron chi connectivity index (χ1n) is 7.89. The van der Waals surface area contributed by atoms with Crippen LogP contribution in [0.4, 0.5) is 43.9 Å². The average Bonchev–Trinajstić information content (AvgIpc) is 2.69. The van der Waals surface area contributed by atoms with Gasteiger partial charge in [0.2, 0.25) is 6.10 Å². The summed E-state index contributed by atoms with van der Waals surface area (Å²) in [5.41, 5.74) is -0.771. The number of halogens is 10. The minimum atomic E-state index is -6.40. The molecule has 0 aliphatic heterocycles. The van der Waals surface area contributed by atoms with Crippen LogP contribution < -0.4 is 9.47 Å². The van der Waals surface area contributed by atoms with Crippen LogP contribution in [0.3, 0.4) is 0 Å². The molecule has 1 rings (SSSR count). The molecule has 0 aliphatic carbocycles. The van der Waals surface area contributed by atoms with Crippen molar-refractivity contribution in [3.05, 3.63) is 23.8 Å². The lowest BCUT2D eigenvalue weighted by atomic mass is 10.1. The molecular formula is C16H10F10O7. The van der Waals surface area contributed by atoms with Gasteiger partial charge in [0.1, 0.15) is 0 Å². The van der Waals surface area contributed by atoms with Gasteiger partial charge in [-0.2, -0.15) is 43.9 Å². The average molecular weight is 504 g/mol. The van der Waals surface area contributed by atoms with Crippen LogP contribution in [0.2, 0.25) is 0 Å². The molecule has 0 fully saturated rings. The van der Waals surface area contributed by atoms with Gasteiger partial charge in [-0.3, -0.25) is 0 Å². The highest BCUT2D eigenvalue weighted by Gasteiger charge is 2.66. The number of esters is 3. The van der Waals surface area contributed by atoms with Crippen molar-refractivity contribution in [2.24, 2.45) is 0 Å². The fraction of sp³-hybridized carbons (Fsp3) is 0.438. The van der Waals surface area contributed by atoms with Crippen LogP contribution in [0.25, 0.3) is 0 Å². The molecule has 17 heteroatoms. The summed E-state index contributed by atoms with van der Waals surface area (Å²) in [6.07, 6.45) is -15.3. The van der Waals surface area contributed by atoms with Crippen molar-refractivity contribution in [1.82, 2.24) is 0 Å². The molecule has 33 heavy (non-hydrogen) atoms. The number of hydrogen-bond donors (Lipinski definition) is 0. The molecule has 1 atom stereocenters. The summed E-state index contributed by atoms with van der Waals surface area (Å²) in [5.74, 6) is -22.0. The topological polar surface area (TPSA) is 88.1 Å². The Hall–Kier alpha value is -3.27. The molecule has 0 amide bonds. The molecule has 1 aromatic rings. The van der Waals surface area contributed by atoms with E-state index >= 15 is 0 Å². The number of ether oxygens (including phenoxy) is 4. The molecule has 0 spiro atoms. The summed E-state index contributed by atoms with van der Waals surface area (Å²) in [4.78, 5) is 34.2. The van der Waals surface area contributed by atoms with Gasteiger partial charge in [0.05, 0.1) is 14.2 Å². The van der Waals surface area contributed by atoms with E-state index in [1.807, 2.05) is 0 Å². The maximum Gasteiger partial charge on any atom is 0.465 e. The standard InChI is InChI=1S/C16H10F10O7/c1-30-8-5-6(3-4-7(8)32-11(28)13(17,18)15(21,22)23)9(10(27)31-2)33-12(29)14(19,20)16(24,25)26/h3-5,9H,1-2H3. The molecule has 0 bridgehead atoms.